The number of hydrogen-bond acceptors (Lipinski definition) is 4. The Balaban J connectivity index is 1.92. The molecule has 3 saturated carbocycles. The van der Waals surface area contributed by atoms with Gasteiger partial charge >= 0.3 is 0 Å². The van der Waals surface area contributed by atoms with Gasteiger partial charge in [-0.25, -0.2) is 0 Å². The van der Waals surface area contributed by atoms with Crippen LogP contribution in [0.5, 0.6) is 0 Å². The molecule has 0 saturated heterocycles. The highest BCUT2D eigenvalue weighted by molar-refractivity contribution is 5.79. The van der Waals surface area contributed by atoms with Crippen LogP contribution in [0.15, 0.2) is 0 Å². The first-order chi connectivity index (χ1) is 23.6. The normalized spacial score (nSPS) is 34.9. The zero-order valence-electron chi connectivity index (χ0n) is 35.3. The van der Waals surface area contributed by atoms with Crippen molar-refractivity contribution in [1.29, 1.82) is 0 Å². The molecule has 50 heavy (non-hydrogen) atoms. The largest absolute Gasteiger partial charge is 0.356 e. The lowest BCUT2D eigenvalue weighted by atomic mass is 9.40. The van der Waals surface area contributed by atoms with Gasteiger partial charge in [-0.05, 0) is 161 Å². The van der Waals surface area contributed by atoms with Crippen molar-refractivity contribution in [3.8, 4) is 0 Å². The van der Waals surface area contributed by atoms with Gasteiger partial charge < -0.3 is 21.7 Å². The molecule has 7 unspecified atom stereocenters. The van der Waals surface area contributed by atoms with E-state index in [0.29, 0.717) is 39.9 Å². The van der Waals surface area contributed by atoms with Gasteiger partial charge in [0.25, 0.3) is 0 Å². The van der Waals surface area contributed by atoms with Gasteiger partial charge in [0.05, 0.1) is 0 Å². The average molecular weight is 701 g/mol. The van der Waals surface area contributed by atoms with Gasteiger partial charge in [-0.1, -0.05) is 108 Å². The molecule has 3 aliphatic carbocycles. The first kappa shape index (κ1) is 43.8. The number of hydrogen-bond donors (Lipinski definition) is 3. The van der Waals surface area contributed by atoms with Crippen LogP contribution in [0.25, 0.3) is 0 Å². The van der Waals surface area contributed by atoms with E-state index in [1.54, 1.807) is 0 Å². The third-order valence-electron chi connectivity index (χ3n) is 15.9. The predicted molar refractivity (Wildman–Crippen MR) is 217 cm³/mol. The van der Waals surface area contributed by atoms with Crippen molar-refractivity contribution in [2.24, 2.45) is 74.6 Å². The summed E-state index contributed by atoms with van der Waals surface area (Å²) in [5, 5.41) is 3.57. The second-order valence-electron chi connectivity index (χ2n) is 19.9. The quantitative estimate of drug-likeness (QED) is 0.0982. The van der Waals surface area contributed by atoms with Crippen molar-refractivity contribution in [1.82, 2.24) is 10.2 Å². The monoisotopic (exact) mass is 701 g/mol. The van der Waals surface area contributed by atoms with Crippen molar-refractivity contribution in [2.75, 3.05) is 39.3 Å². The molecule has 0 aromatic carbocycles. The van der Waals surface area contributed by atoms with E-state index in [4.69, 9.17) is 11.5 Å². The van der Waals surface area contributed by atoms with Crippen LogP contribution in [0.3, 0.4) is 0 Å². The van der Waals surface area contributed by atoms with Gasteiger partial charge in [-0.15, -0.1) is 0 Å². The topological polar surface area (TPSA) is 84.4 Å². The molecular formula is C45H88N4O. The predicted octanol–water partition coefficient (Wildman–Crippen LogP) is 10.5. The van der Waals surface area contributed by atoms with Crippen molar-refractivity contribution in [3.63, 3.8) is 0 Å². The minimum Gasteiger partial charge on any atom is -0.356 e. The molecular weight excluding hydrogens is 613 g/mol. The summed E-state index contributed by atoms with van der Waals surface area (Å²) in [6.07, 6.45) is 21.1. The Morgan fingerprint density at radius 1 is 0.820 bits per heavy atom. The van der Waals surface area contributed by atoms with E-state index >= 15 is 0 Å². The van der Waals surface area contributed by atoms with E-state index in [1.807, 2.05) is 0 Å². The molecule has 3 rings (SSSR count). The molecule has 5 N–H and O–H groups in total. The smallest absolute Gasteiger partial charge is 0.223 e. The van der Waals surface area contributed by atoms with Gasteiger partial charge in [0.1, 0.15) is 0 Å². The second kappa shape index (κ2) is 19.6. The maximum atomic E-state index is 14.7. The molecule has 294 valence electrons. The zero-order chi connectivity index (χ0) is 37.2. The maximum Gasteiger partial charge on any atom is 0.223 e. The first-order valence-electron chi connectivity index (χ1n) is 22.0. The van der Waals surface area contributed by atoms with Crippen LogP contribution in [0.1, 0.15) is 178 Å². The Labute approximate surface area is 312 Å². The number of amides is 1. The van der Waals surface area contributed by atoms with Gasteiger partial charge in [-0.2, -0.15) is 0 Å². The Hall–Kier alpha value is -0.650. The molecule has 2 bridgehead atoms. The van der Waals surface area contributed by atoms with Crippen LogP contribution in [-0.2, 0) is 4.79 Å². The minimum atomic E-state index is 0.0500. The highest BCUT2D eigenvalue weighted by Gasteiger charge is 2.65. The molecule has 0 aliphatic heterocycles. The first-order valence-corrected chi connectivity index (χ1v) is 22.0. The average Bonchev–Trinajstić information content (AvgIpc) is 3.16. The second-order valence-corrected chi connectivity index (χ2v) is 19.9. The summed E-state index contributed by atoms with van der Waals surface area (Å²) in [5.74, 6) is 4.72. The van der Waals surface area contributed by atoms with Gasteiger partial charge in [-0.3, -0.25) is 4.79 Å². The maximum absolute atomic E-state index is 14.7. The van der Waals surface area contributed by atoms with E-state index in [2.05, 4.69) is 79.5 Å². The molecule has 0 heterocycles. The van der Waals surface area contributed by atoms with E-state index in [9.17, 15) is 4.79 Å². The van der Waals surface area contributed by atoms with Crippen molar-refractivity contribution < 1.29 is 4.79 Å². The highest BCUT2D eigenvalue weighted by atomic mass is 16.1. The fraction of sp³-hybridized carbons (Fsp3) is 0.978. The molecule has 1 amide bonds. The number of carbonyl (C=O) groups is 1. The lowest BCUT2D eigenvalue weighted by Crippen LogP contribution is -2.58. The van der Waals surface area contributed by atoms with E-state index in [1.165, 1.54) is 77.0 Å². The summed E-state index contributed by atoms with van der Waals surface area (Å²) in [4.78, 5) is 17.2. The number of rotatable bonds is 22. The van der Waals surface area contributed by atoms with Crippen LogP contribution in [0.4, 0.5) is 0 Å². The lowest BCUT2D eigenvalue weighted by molar-refractivity contribution is -0.165. The highest BCUT2D eigenvalue weighted by Crippen LogP contribution is 2.73. The molecule has 9 atom stereocenters. The Morgan fingerprint density at radius 2 is 1.44 bits per heavy atom. The van der Waals surface area contributed by atoms with Crippen molar-refractivity contribution in [3.05, 3.63) is 0 Å². The number of nitrogens with zero attached hydrogens (tertiary/aromatic N) is 1. The molecule has 5 nitrogen and oxygen atoms in total. The van der Waals surface area contributed by atoms with Gasteiger partial charge in [0.15, 0.2) is 0 Å². The Morgan fingerprint density at radius 3 is 2.04 bits per heavy atom. The summed E-state index contributed by atoms with van der Waals surface area (Å²) < 4.78 is 0. The van der Waals surface area contributed by atoms with Crippen LogP contribution in [0, 0.1) is 63.1 Å². The van der Waals surface area contributed by atoms with E-state index in [0.717, 1.165) is 89.1 Å². The lowest BCUT2D eigenvalue weighted by Gasteiger charge is -2.65. The molecule has 0 radical (unpaired) electrons. The third-order valence-corrected chi connectivity index (χ3v) is 15.9. The summed E-state index contributed by atoms with van der Waals surface area (Å²) in [6, 6.07) is 0. The Bertz CT molecular complexity index is 992. The molecule has 0 aromatic rings. The van der Waals surface area contributed by atoms with E-state index < -0.39 is 0 Å². The summed E-state index contributed by atoms with van der Waals surface area (Å²) in [6.45, 7) is 30.6. The number of fused-ring (bicyclic) bond motifs is 4. The molecule has 3 aliphatic rings. The van der Waals surface area contributed by atoms with Crippen molar-refractivity contribution >= 4 is 5.91 Å². The number of carbonyl (C=O) groups excluding carboxylic acids is 1. The minimum absolute atomic E-state index is 0.0500. The SMILES string of the molecule is CCCC1CC2(C)CC(CCC3C(C)(CCCC(C)C)C(C)CC[C@@]32C)C1(C)[C@H](CCCC(C)C)C(=O)NCCCN(CCCN)CCCN. The summed E-state index contributed by atoms with van der Waals surface area (Å²) in [7, 11) is 0. The van der Waals surface area contributed by atoms with Crippen molar-refractivity contribution in [2.45, 2.75) is 178 Å². The summed E-state index contributed by atoms with van der Waals surface area (Å²) >= 11 is 0. The van der Waals surface area contributed by atoms with Gasteiger partial charge in [0, 0.05) is 12.5 Å². The third kappa shape index (κ3) is 10.1. The van der Waals surface area contributed by atoms with Gasteiger partial charge in [0.2, 0.25) is 5.91 Å². The van der Waals surface area contributed by atoms with Crippen LogP contribution < -0.4 is 16.8 Å². The number of nitrogens with two attached hydrogens (primary N) is 2. The Kier molecular flexibility index (Phi) is 17.2. The molecule has 5 heteroatoms. The van der Waals surface area contributed by atoms with Crippen LogP contribution in [0.2, 0.25) is 0 Å². The zero-order valence-corrected chi connectivity index (χ0v) is 35.3. The fourth-order valence-electron chi connectivity index (χ4n) is 12.4. The molecule has 3 fully saturated rings. The molecule has 0 aromatic heterocycles. The summed E-state index contributed by atoms with van der Waals surface area (Å²) in [5.41, 5.74) is 12.9. The fourth-order valence-corrected chi connectivity index (χ4v) is 12.4. The number of nitrogens with one attached hydrogen (secondary N) is 1. The molecule has 0 spiro atoms. The van der Waals surface area contributed by atoms with Crippen LogP contribution >= 0.6 is 0 Å². The van der Waals surface area contributed by atoms with Crippen LogP contribution in [-0.4, -0.2) is 50.1 Å². The standard InChI is InChI=1S/C45H88N4O/c1-11-17-37-32-42(7)33-38(21-22-40-43(8,24-13-19-35(4)5)36(6)23-25-44(40,42)9)45(37,10)39(20-12-18-34(2)3)41(50)48-28-16-31-49(29-14-26-46)30-15-27-47/h34-40H,11-33,46-47H2,1-10H3,(H,48,50)/t36?,37?,38?,39-,40?,42?,43?,44+,45?/m1/s1. The van der Waals surface area contributed by atoms with E-state index in [-0.39, 0.29) is 11.3 Å².